The lowest BCUT2D eigenvalue weighted by molar-refractivity contribution is -0.0000671. The molecule has 1 unspecified atom stereocenters. The van der Waals surface area contributed by atoms with Crippen LogP contribution in [-0.4, -0.2) is 12.7 Å². The summed E-state index contributed by atoms with van der Waals surface area (Å²) in [7, 11) is 1.56. The maximum Gasteiger partial charge on any atom is 0.123 e. The van der Waals surface area contributed by atoms with Gasteiger partial charge in [0.1, 0.15) is 5.82 Å². The van der Waals surface area contributed by atoms with Crippen molar-refractivity contribution in [2.75, 3.05) is 7.11 Å². The third-order valence-corrected chi connectivity index (χ3v) is 2.91. The van der Waals surface area contributed by atoms with E-state index >= 15 is 0 Å². The first-order chi connectivity index (χ1) is 6.88. The van der Waals surface area contributed by atoms with Crippen LogP contribution in [0.3, 0.4) is 0 Å². The normalized spacial score (nSPS) is 14.0. The molecule has 0 radical (unpaired) electrons. The van der Waals surface area contributed by atoms with Crippen molar-refractivity contribution < 1.29 is 9.13 Å². The van der Waals surface area contributed by atoms with Gasteiger partial charge < -0.3 is 10.5 Å². The van der Waals surface area contributed by atoms with Crippen molar-refractivity contribution in [2.24, 2.45) is 5.73 Å². The summed E-state index contributed by atoms with van der Waals surface area (Å²) in [4.78, 5) is 0. The van der Waals surface area contributed by atoms with Crippen LogP contribution in [0.1, 0.15) is 25.5 Å². The van der Waals surface area contributed by atoms with E-state index in [0.717, 1.165) is 0 Å². The van der Waals surface area contributed by atoms with E-state index in [-0.39, 0.29) is 5.82 Å². The van der Waals surface area contributed by atoms with E-state index in [2.05, 4.69) is 0 Å². The number of benzene rings is 1. The van der Waals surface area contributed by atoms with Gasteiger partial charge >= 0.3 is 0 Å². The first kappa shape index (κ1) is 12.4. The lowest BCUT2D eigenvalue weighted by atomic mass is 9.92. The Kier molecular flexibility index (Phi) is 3.71. The van der Waals surface area contributed by atoms with E-state index < -0.39 is 11.6 Å². The van der Waals surface area contributed by atoms with Gasteiger partial charge in [0, 0.05) is 12.1 Å². The van der Waals surface area contributed by atoms with Crippen molar-refractivity contribution in [2.45, 2.75) is 25.5 Å². The number of methoxy groups -OCH3 is 1. The van der Waals surface area contributed by atoms with Crippen LogP contribution in [0.5, 0.6) is 0 Å². The molecule has 0 saturated heterocycles. The highest BCUT2D eigenvalue weighted by Gasteiger charge is 2.29. The first-order valence-electron chi connectivity index (χ1n) is 4.64. The molecular formula is C11H15ClFNO. The second-order valence-electron chi connectivity index (χ2n) is 3.95. The van der Waals surface area contributed by atoms with Crippen LogP contribution in [0.4, 0.5) is 4.39 Å². The number of nitrogens with two attached hydrogens (primary N) is 1. The predicted molar refractivity (Wildman–Crippen MR) is 59.4 cm³/mol. The second-order valence-corrected chi connectivity index (χ2v) is 4.36. The highest BCUT2D eigenvalue weighted by molar-refractivity contribution is 6.31. The van der Waals surface area contributed by atoms with E-state index in [1.807, 2.05) is 13.8 Å². The highest BCUT2D eigenvalue weighted by Crippen LogP contribution is 2.31. The summed E-state index contributed by atoms with van der Waals surface area (Å²) in [5, 5.41) is 0.453. The molecule has 1 atom stereocenters. The Morgan fingerprint density at radius 2 is 2.07 bits per heavy atom. The minimum atomic E-state index is -0.586. The summed E-state index contributed by atoms with van der Waals surface area (Å²) in [5.41, 5.74) is 5.95. The molecule has 84 valence electrons. The van der Waals surface area contributed by atoms with Crippen molar-refractivity contribution >= 4 is 11.6 Å². The summed E-state index contributed by atoms with van der Waals surface area (Å²) in [5.74, 6) is -0.350. The van der Waals surface area contributed by atoms with Crippen LogP contribution < -0.4 is 5.73 Å². The fraction of sp³-hybridized carbons (Fsp3) is 0.455. The second kappa shape index (κ2) is 4.47. The van der Waals surface area contributed by atoms with Gasteiger partial charge in [-0.05, 0) is 37.6 Å². The molecule has 2 nitrogen and oxygen atoms in total. The average Bonchev–Trinajstić information content (AvgIpc) is 2.20. The Morgan fingerprint density at radius 1 is 1.47 bits per heavy atom. The lowest BCUT2D eigenvalue weighted by Crippen LogP contribution is -2.37. The molecule has 0 bridgehead atoms. The van der Waals surface area contributed by atoms with E-state index in [9.17, 15) is 4.39 Å². The molecule has 0 spiro atoms. The quantitative estimate of drug-likeness (QED) is 0.868. The molecular weight excluding hydrogens is 217 g/mol. The van der Waals surface area contributed by atoms with Gasteiger partial charge in [-0.2, -0.15) is 0 Å². The summed E-state index contributed by atoms with van der Waals surface area (Å²) < 4.78 is 18.3. The molecule has 4 heteroatoms. The molecule has 0 heterocycles. The Labute approximate surface area is 94.2 Å². The number of rotatable bonds is 3. The van der Waals surface area contributed by atoms with Gasteiger partial charge in [0.25, 0.3) is 0 Å². The molecule has 1 rings (SSSR count). The molecule has 0 aliphatic rings. The molecule has 0 aliphatic carbocycles. The molecule has 1 aromatic carbocycles. The number of ether oxygens (including phenoxy) is 1. The largest absolute Gasteiger partial charge is 0.377 e. The molecule has 0 aromatic heterocycles. The van der Waals surface area contributed by atoms with Crippen molar-refractivity contribution in [3.8, 4) is 0 Å². The number of hydrogen-bond donors (Lipinski definition) is 1. The maximum atomic E-state index is 13.0. The summed E-state index contributed by atoms with van der Waals surface area (Å²) in [6.07, 6.45) is 0. The molecule has 2 N–H and O–H groups in total. The van der Waals surface area contributed by atoms with Gasteiger partial charge in [-0.15, -0.1) is 0 Å². The Hall–Kier alpha value is -0.640. The van der Waals surface area contributed by atoms with Crippen LogP contribution in [-0.2, 0) is 4.74 Å². The number of halogens is 2. The topological polar surface area (TPSA) is 35.2 Å². The van der Waals surface area contributed by atoms with Crippen LogP contribution >= 0.6 is 11.6 Å². The van der Waals surface area contributed by atoms with Gasteiger partial charge in [0.05, 0.1) is 11.6 Å². The summed E-state index contributed by atoms with van der Waals surface area (Å²) in [6, 6.07) is 3.68. The Morgan fingerprint density at radius 3 is 2.60 bits per heavy atom. The zero-order chi connectivity index (χ0) is 11.6. The third kappa shape index (κ3) is 2.68. The molecule has 0 amide bonds. The predicted octanol–water partition coefficient (Wildman–Crippen LogP) is 2.90. The average molecular weight is 232 g/mol. The molecule has 0 aliphatic heterocycles. The standard InChI is InChI=1S/C11H15ClFNO/c1-11(2,15-3)10(14)8-6-7(13)4-5-9(8)12/h4-6,10H,14H2,1-3H3. The van der Waals surface area contributed by atoms with Gasteiger partial charge in [0.2, 0.25) is 0 Å². The summed E-state index contributed by atoms with van der Waals surface area (Å²) >= 11 is 5.95. The van der Waals surface area contributed by atoms with Crippen LogP contribution in [0.2, 0.25) is 5.02 Å². The fourth-order valence-electron chi connectivity index (χ4n) is 1.25. The zero-order valence-corrected chi connectivity index (χ0v) is 9.81. The van der Waals surface area contributed by atoms with Gasteiger partial charge in [-0.1, -0.05) is 11.6 Å². The van der Waals surface area contributed by atoms with Crippen molar-refractivity contribution in [3.05, 3.63) is 34.6 Å². The first-order valence-corrected chi connectivity index (χ1v) is 5.02. The summed E-state index contributed by atoms with van der Waals surface area (Å²) in [6.45, 7) is 3.66. The van der Waals surface area contributed by atoms with Crippen LogP contribution in [0.15, 0.2) is 18.2 Å². The van der Waals surface area contributed by atoms with Crippen molar-refractivity contribution in [1.29, 1.82) is 0 Å². The van der Waals surface area contributed by atoms with Crippen LogP contribution in [0, 0.1) is 5.82 Å². The Balaban J connectivity index is 3.10. The fourth-order valence-corrected chi connectivity index (χ4v) is 1.49. The smallest absolute Gasteiger partial charge is 0.123 e. The van der Waals surface area contributed by atoms with Gasteiger partial charge in [-0.25, -0.2) is 4.39 Å². The maximum absolute atomic E-state index is 13.0. The molecule has 0 saturated carbocycles. The zero-order valence-electron chi connectivity index (χ0n) is 9.05. The minimum absolute atomic E-state index is 0.350. The van der Waals surface area contributed by atoms with Crippen molar-refractivity contribution in [3.63, 3.8) is 0 Å². The SMILES string of the molecule is COC(C)(C)C(N)c1cc(F)ccc1Cl. The van der Waals surface area contributed by atoms with E-state index in [0.29, 0.717) is 10.6 Å². The highest BCUT2D eigenvalue weighted by atomic mass is 35.5. The lowest BCUT2D eigenvalue weighted by Gasteiger charge is -2.30. The van der Waals surface area contributed by atoms with Crippen molar-refractivity contribution in [1.82, 2.24) is 0 Å². The van der Waals surface area contributed by atoms with E-state index in [4.69, 9.17) is 22.1 Å². The molecule has 0 fully saturated rings. The Bertz CT molecular complexity index is 354. The van der Waals surface area contributed by atoms with E-state index in [1.165, 1.54) is 18.2 Å². The number of hydrogen-bond acceptors (Lipinski definition) is 2. The van der Waals surface area contributed by atoms with Crippen LogP contribution in [0.25, 0.3) is 0 Å². The third-order valence-electron chi connectivity index (χ3n) is 2.57. The van der Waals surface area contributed by atoms with Gasteiger partial charge in [-0.3, -0.25) is 0 Å². The van der Waals surface area contributed by atoms with E-state index in [1.54, 1.807) is 7.11 Å². The monoisotopic (exact) mass is 231 g/mol. The molecule has 1 aromatic rings. The minimum Gasteiger partial charge on any atom is -0.377 e. The molecule has 15 heavy (non-hydrogen) atoms. The van der Waals surface area contributed by atoms with Gasteiger partial charge in [0.15, 0.2) is 0 Å².